The van der Waals surface area contributed by atoms with Gasteiger partial charge in [-0.3, -0.25) is 0 Å². The van der Waals surface area contributed by atoms with E-state index in [1.165, 1.54) is 39.1 Å². The van der Waals surface area contributed by atoms with Crippen molar-refractivity contribution in [1.29, 1.82) is 0 Å². The van der Waals surface area contributed by atoms with Crippen LogP contribution in [0.2, 0.25) is 0 Å². The van der Waals surface area contributed by atoms with E-state index < -0.39 is 0 Å². The zero-order chi connectivity index (χ0) is 9.03. The maximum Gasteiger partial charge on any atom is 0.0107 e. The van der Waals surface area contributed by atoms with Gasteiger partial charge in [0.25, 0.3) is 0 Å². The summed E-state index contributed by atoms with van der Waals surface area (Å²) in [5, 5.41) is 3.37. The highest BCUT2D eigenvalue weighted by molar-refractivity contribution is 5.85. The first-order valence-corrected chi connectivity index (χ1v) is 5.01. The van der Waals surface area contributed by atoms with Gasteiger partial charge in [-0.05, 0) is 18.4 Å². The van der Waals surface area contributed by atoms with Gasteiger partial charge in [0.2, 0.25) is 0 Å². The Morgan fingerprint density at radius 3 is 2.15 bits per heavy atom. The van der Waals surface area contributed by atoms with Crippen LogP contribution in [0.15, 0.2) is 0 Å². The van der Waals surface area contributed by atoms with E-state index in [-0.39, 0.29) is 12.4 Å². The zero-order valence-electron chi connectivity index (χ0n) is 9.10. The molecular formula is C10H23ClN2. The number of nitrogens with one attached hydrogen (secondary N) is 1. The SMILES string of the molecule is CC(C)(C)CCN1CCNCC1.Cl. The lowest BCUT2D eigenvalue weighted by molar-refractivity contribution is 0.206. The minimum absolute atomic E-state index is 0. The van der Waals surface area contributed by atoms with E-state index in [4.69, 9.17) is 0 Å². The maximum absolute atomic E-state index is 3.37. The van der Waals surface area contributed by atoms with Gasteiger partial charge in [-0.2, -0.15) is 0 Å². The minimum Gasteiger partial charge on any atom is -0.314 e. The van der Waals surface area contributed by atoms with Crippen LogP contribution in [-0.4, -0.2) is 37.6 Å². The topological polar surface area (TPSA) is 15.3 Å². The van der Waals surface area contributed by atoms with E-state index in [1.807, 2.05) is 0 Å². The van der Waals surface area contributed by atoms with Gasteiger partial charge in [-0.1, -0.05) is 20.8 Å². The van der Waals surface area contributed by atoms with Crippen molar-refractivity contribution in [3.63, 3.8) is 0 Å². The summed E-state index contributed by atoms with van der Waals surface area (Å²) in [5.74, 6) is 0. The van der Waals surface area contributed by atoms with Gasteiger partial charge in [-0.25, -0.2) is 0 Å². The molecule has 0 aromatic rings. The molecule has 0 aromatic heterocycles. The lowest BCUT2D eigenvalue weighted by atomic mass is 9.92. The lowest BCUT2D eigenvalue weighted by Gasteiger charge is -2.30. The number of hydrogen-bond donors (Lipinski definition) is 1. The summed E-state index contributed by atoms with van der Waals surface area (Å²) in [6.07, 6.45) is 1.31. The molecule has 0 bridgehead atoms. The van der Waals surface area contributed by atoms with E-state index in [9.17, 15) is 0 Å². The highest BCUT2D eigenvalue weighted by Crippen LogP contribution is 2.18. The minimum atomic E-state index is 0. The van der Waals surface area contributed by atoms with Gasteiger partial charge in [0.05, 0.1) is 0 Å². The highest BCUT2D eigenvalue weighted by atomic mass is 35.5. The van der Waals surface area contributed by atoms with Gasteiger partial charge < -0.3 is 10.2 Å². The molecule has 0 amide bonds. The Balaban J connectivity index is 0.00000144. The van der Waals surface area contributed by atoms with Crippen LogP contribution in [0, 0.1) is 5.41 Å². The summed E-state index contributed by atoms with van der Waals surface area (Å²) >= 11 is 0. The van der Waals surface area contributed by atoms with Crippen molar-refractivity contribution in [1.82, 2.24) is 10.2 Å². The second kappa shape index (κ2) is 5.84. The van der Waals surface area contributed by atoms with Crippen LogP contribution in [0.1, 0.15) is 27.2 Å². The third-order valence-corrected chi connectivity index (χ3v) is 2.39. The molecule has 0 atom stereocenters. The van der Waals surface area contributed by atoms with Crippen molar-refractivity contribution in [2.75, 3.05) is 32.7 Å². The van der Waals surface area contributed by atoms with Gasteiger partial charge in [-0.15, -0.1) is 12.4 Å². The molecule has 1 heterocycles. The molecule has 13 heavy (non-hydrogen) atoms. The number of rotatable bonds is 2. The first-order valence-electron chi connectivity index (χ1n) is 5.01. The third kappa shape index (κ3) is 6.30. The van der Waals surface area contributed by atoms with E-state index in [2.05, 4.69) is 31.0 Å². The molecule has 0 aliphatic carbocycles. The molecule has 1 N–H and O–H groups in total. The van der Waals surface area contributed by atoms with Crippen LogP contribution < -0.4 is 5.32 Å². The Labute approximate surface area is 88.5 Å². The predicted octanol–water partition coefficient (Wildman–Crippen LogP) is 1.75. The molecule has 1 aliphatic heterocycles. The van der Waals surface area contributed by atoms with Crippen molar-refractivity contribution in [3.05, 3.63) is 0 Å². The fourth-order valence-corrected chi connectivity index (χ4v) is 1.43. The highest BCUT2D eigenvalue weighted by Gasteiger charge is 2.14. The largest absolute Gasteiger partial charge is 0.314 e. The lowest BCUT2D eigenvalue weighted by Crippen LogP contribution is -2.44. The van der Waals surface area contributed by atoms with E-state index >= 15 is 0 Å². The number of nitrogens with zero attached hydrogens (tertiary/aromatic N) is 1. The van der Waals surface area contributed by atoms with Crippen LogP contribution in [0.4, 0.5) is 0 Å². The van der Waals surface area contributed by atoms with Gasteiger partial charge >= 0.3 is 0 Å². The Kier molecular flexibility index (Phi) is 5.93. The number of piperazine rings is 1. The second-order valence-corrected chi connectivity index (χ2v) is 4.90. The molecular weight excluding hydrogens is 184 g/mol. The average molecular weight is 207 g/mol. The zero-order valence-corrected chi connectivity index (χ0v) is 9.91. The molecule has 1 fully saturated rings. The van der Waals surface area contributed by atoms with E-state index in [0.29, 0.717) is 5.41 Å². The molecule has 80 valence electrons. The smallest absolute Gasteiger partial charge is 0.0107 e. The molecule has 0 radical (unpaired) electrons. The molecule has 0 unspecified atom stereocenters. The average Bonchev–Trinajstić information content (AvgIpc) is 2.02. The molecule has 1 aliphatic rings. The Morgan fingerprint density at radius 2 is 1.69 bits per heavy atom. The van der Waals surface area contributed by atoms with E-state index in [1.54, 1.807) is 0 Å². The maximum atomic E-state index is 3.37. The molecule has 0 spiro atoms. The summed E-state index contributed by atoms with van der Waals surface area (Å²) < 4.78 is 0. The van der Waals surface area contributed by atoms with Crippen molar-refractivity contribution in [2.24, 2.45) is 5.41 Å². The van der Waals surface area contributed by atoms with Crippen LogP contribution in [0.3, 0.4) is 0 Å². The summed E-state index contributed by atoms with van der Waals surface area (Å²) in [7, 11) is 0. The predicted molar refractivity (Wildman–Crippen MR) is 60.6 cm³/mol. The summed E-state index contributed by atoms with van der Waals surface area (Å²) in [6, 6.07) is 0. The molecule has 1 rings (SSSR count). The standard InChI is InChI=1S/C10H22N2.ClH/c1-10(2,3)4-7-12-8-5-11-6-9-12;/h11H,4-9H2,1-3H3;1H. The number of halogens is 1. The fraction of sp³-hybridized carbons (Fsp3) is 1.00. The molecule has 3 heteroatoms. The number of hydrogen-bond acceptors (Lipinski definition) is 2. The van der Waals surface area contributed by atoms with Crippen molar-refractivity contribution >= 4 is 12.4 Å². The van der Waals surface area contributed by atoms with Crippen LogP contribution >= 0.6 is 12.4 Å². The van der Waals surface area contributed by atoms with Gasteiger partial charge in [0, 0.05) is 26.2 Å². The normalized spacial score (nSPS) is 19.6. The molecule has 1 saturated heterocycles. The summed E-state index contributed by atoms with van der Waals surface area (Å²) in [5.41, 5.74) is 0.491. The Morgan fingerprint density at radius 1 is 1.15 bits per heavy atom. The summed E-state index contributed by atoms with van der Waals surface area (Å²) in [6.45, 7) is 13.0. The first-order chi connectivity index (χ1) is 5.58. The van der Waals surface area contributed by atoms with Crippen molar-refractivity contribution < 1.29 is 0 Å². The molecule has 2 nitrogen and oxygen atoms in total. The quantitative estimate of drug-likeness (QED) is 0.741. The second-order valence-electron chi connectivity index (χ2n) is 4.90. The third-order valence-electron chi connectivity index (χ3n) is 2.39. The fourth-order valence-electron chi connectivity index (χ4n) is 1.43. The Bertz CT molecular complexity index is 125. The van der Waals surface area contributed by atoms with Crippen LogP contribution in [0.5, 0.6) is 0 Å². The monoisotopic (exact) mass is 206 g/mol. The summed E-state index contributed by atoms with van der Waals surface area (Å²) in [4.78, 5) is 2.56. The molecule has 0 aromatic carbocycles. The van der Waals surface area contributed by atoms with Crippen LogP contribution in [-0.2, 0) is 0 Å². The van der Waals surface area contributed by atoms with Gasteiger partial charge in [0.15, 0.2) is 0 Å². The van der Waals surface area contributed by atoms with E-state index in [0.717, 1.165) is 0 Å². The van der Waals surface area contributed by atoms with Crippen molar-refractivity contribution in [2.45, 2.75) is 27.2 Å². The molecule has 0 saturated carbocycles. The first kappa shape index (κ1) is 13.2. The van der Waals surface area contributed by atoms with Crippen molar-refractivity contribution in [3.8, 4) is 0 Å². The van der Waals surface area contributed by atoms with Gasteiger partial charge in [0.1, 0.15) is 0 Å². The van der Waals surface area contributed by atoms with Crippen LogP contribution in [0.25, 0.3) is 0 Å². The Hall–Kier alpha value is 0.210.